The summed E-state index contributed by atoms with van der Waals surface area (Å²) >= 11 is 6.15. The zero-order valence-electron chi connectivity index (χ0n) is 16.4. The Labute approximate surface area is 171 Å². The lowest BCUT2D eigenvalue weighted by Gasteiger charge is -2.36. The number of rotatable bonds is 6. The molecule has 0 bridgehead atoms. The molecule has 1 aliphatic heterocycles. The van der Waals surface area contributed by atoms with Gasteiger partial charge >= 0.3 is 6.03 Å². The Bertz CT molecular complexity index is 807. The van der Waals surface area contributed by atoms with Gasteiger partial charge in [0.2, 0.25) is 0 Å². The minimum absolute atomic E-state index is 0.170. The molecule has 6 nitrogen and oxygen atoms in total. The van der Waals surface area contributed by atoms with Crippen molar-refractivity contribution in [3.8, 4) is 5.75 Å². The monoisotopic (exact) mass is 402 g/mol. The molecule has 0 spiro atoms. The van der Waals surface area contributed by atoms with E-state index in [1.165, 1.54) is 0 Å². The molecule has 28 heavy (non-hydrogen) atoms. The van der Waals surface area contributed by atoms with Gasteiger partial charge < -0.3 is 20.3 Å². The van der Waals surface area contributed by atoms with E-state index in [1.54, 1.807) is 7.11 Å². The number of benzene rings is 2. The molecule has 2 aromatic rings. The summed E-state index contributed by atoms with van der Waals surface area (Å²) in [7, 11) is 1.68. The summed E-state index contributed by atoms with van der Waals surface area (Å²) in [4.78, 5) is 16.7. The third kappa shape index (κ3) is 5.30. The van der Waals surface area contributed by atoms with Crippen molar-refractivity contribution in [3.05, 3.63) is 53.1 Å². The van der Waals surface area contributed by atoms with Gasteiger partial charge in [-0.2, -0.15) is 0 Å². The topological polar surface area (TPSA) is 56.8 Å². The number of amides is 2. The fourth-order valence-electron chi connectivity index (χ4n) is 3.33. The molecule has 1 saturated heterocycles. The summed E-state index contributed by atoms with van der Waals surface area (Å²) in [5.74, 6) is 0.840. The van der Waals surface area contributed by atoms with Gasteiger partial charge in [0.25, 0.3) is 0 Å². The standard InChI is InChI=1S/C21H27ClN4O2/c1-16-5-3-4-6-18(16)24-21(27)23-9-10-25-11-13-26(14-12-25)19-15-17(22)7-8-20(19)28-2/h3-8,15H,9-14H2,1-2H3,(H2,23,24,27). The Morgan fingerprint density at radius 2 is 1.89 bits per heavy atom. The van der Waals surface area contributed by atoms with Gasteiger partial charge in [-0.05, 0) is 36.8 Å². The van der Waals surface area contributed by atoms with Crippen LogP contribution in [0, 0.1) is 6.92 Å². The first kappa shape index (κ1) is 20.3. The summed E-state index contributed by atoms with van der Waals surface area (Å²) in [5, 5.41) is 6.53. The van der Waals surface area contributed by atoms with Gasteiger partial charge in [0.15, 0.2) is 0 Å². The molecule has 0 unspecified atom stereocenters. The number of hydrogen-bond donors (Lipinski definition) is 2. The predicted octanol–water partition coefficient (Wildman–Crippen LogP) is 3.60. The van der Waals surface area contributed by atoms with E-state index in [4.69, 9.17) is 16.3 Å². The van der Waals surface area contributed by atoms with Crippen molar-refractivity contribution in [2.45, 2.75) is 6.92 Å². The van der Waals surface area contributed by atoms with Crippen LogP contribution in [0.1, 0.15) is 5.56 Å². The van der Waals surface area contributed by atoms with Crippen LogP contribution in [0.3, 0.4) is 0 Å². The number of carbonyl (C=O) groups is 1. The number of nitrogens with one attached hydrogen (secondary N) is 2. The van der Waals surface area contributed by atoms with E-state index in [0.717, 1.165) is 55.4 Å². The fourth-order valence-corrected chi connectivity index (χ4v) is 3.50. The molecule has 0 atom stereocenters. The summed E-state index contributed by atoms with van der Waals surface area (Å²) in [6.45, 7) is 7.05. The molecule has 0 saturated carbocycles. The van der Waals surface area contributed by atoms with Crippen LogP contribution >= 0.6 is 11.6 Å². The Hall–Kier alpha value is -2.44. The maximum absolute atomic E-state index is 12.1. The maximum Gasteiger partial charge on any atom is 0.319 e. The highest BCUT2D eigenvalue weighted by molar-refractivity contribution is 6.30. The van der Waals surface area contributed by atoms with Crippen LogP contribution in [0.15, 0.2) is 42.5 Å². The van der Waals surface area contributed by atoms with E-state index < -0.39 is 0 Å². The van der Waals surface area contributed by atoms with Crippen molar-refractivity contribution >= 4 is 29.0 Å². The first-order chi connectivity index (χ1) is 13.6. The Morgan fingerprint density at radius 1 is 1.14 bits per heavy atom. The van der Waals surface area contributed by atoms with Crippen molar-refractivity contribution < 1.29 is 9.53 Å². The van der Waals surface area contributed by atoms with E-state index in [2.05, 4.69) is 20.4 Å². The lowest BCUT2D eigenvalue weighted by atomic mass is 10.2. The molecule has 1 aliphatic rings. The van der Waals surface area contributed by atoms with E-state index in [-0.39, 0.29) is 6.03 Å². The molecule has 3 rings (SSSR count). The number of anilines is 2. The van der Waals surface area contributed by atoms with Crippen LogP contribution in [0.5, 0.6) is 5.75 Å². The second-order valence-electron chi connectivity index (χ2n) is 6.84. The average molecular weight is 403 g/mol. The molecule has 1 heterocycles. The minimum atomic E-state index is -0.170. The predicted molar refractivity (Wildman–Crippen MR) is 115 cm³/mol. The third-order valence-electron chi connectivity index (χ3n) is 4.96. The highest BCUT2D eigenvalue weighted by atomic mass is 35.5. The second-order valence-corrected chi connectivity index (χ2v) is 7.28. The van der Waals surface area contributed by atoms with E-state index in [9.17, 15) is 4.79 Å². The number of carbonyl (C=O) groups excluding carboxylic acids is 1. The zero-order chi connectivity index (χ0) is 19.9. The normalized spacial score (nSPS) is 14.6. The van der Waals surface area contributed by atoms with Gasteiger partial charge in [-0.25, -0.2) is 4.79 Å². The van der Waals surface area contributed by atoms with Gasteiger partial charge in [-0.3, -0.25) is 4.90 Å². The number of methoxy groups -OCH3 is 1. The lowest BCUT2D eigenvalue weighted by Crippen LogP contribution is -2.48. The first-order valence-corrected chi connectivity index (χ1v) is 9.86. The highest BCUT2D eigenvalue weighted by Crippen LogP contribution is 2.31. The van der Waals surface area contributed by atoms with Gasteiger partial charge in [0, 0.05) is 50.0 Å². The van der Waals surface area contributed by atoms with Gasteiger partial charge in [0.1, 0.15) is 5.75 Å². The van der Waals surface area contributed by atoms with Gasteiger partial charge in [0.05, 0.1) is 12.8 Å². The third-order valence-corrected chi connectivity index (χ3v) is 5.20. The van der Waals surface area contributed by atoms with Crippen molar-refractivity contribution in [1.29, 1.82) is 0 Å². The smallest absolute Gasteiger partial charge is 0.319 e. The van der Waals surface area contributed by atoms with Gasteiger partial charge in [-0.1, -0.05) is 29.8 Å². The number of urea groups is 1. The molecule has 2 amide bonds. The molecule has 0 aliphatic carbocycles. The molecular weight excluding hydrogens is 376 g/mol. The molecule has 7 heteroatoms. The highest BCUT2D eigenvalue weighted by Gasteiger charge is 2.20. The molecule has 2 aromatic carbocycles. The van der Waals surface area contributed by atoms with Crippen molar-refractivity contribution in [1.82, 2.24) is 10.2 Å². The van der Waals surface area contributed by atoms with E-state index in [0.29, 0.717) is 11.6 Å². The number of aryl methyl sites for hydroxylation is 1. The van der Waals surface area contributed by atoms with Crippen molar-refractivity contribution in [2.75, 3.05) is 56.6 Å². The Kier molecular flexibility index (Phi) is 7.01. The summed E-state index contributed by atoms with van der Waals surface area (Å²) in [6.07, 6.45) is 0. The largest absolute Gasteiger partial charge is 0.495 e. The summed E-state index contributed by atoms with van der Waals surface area (Å²) in [6, 6.07) is 13.3. The number of piperazine rings is 1. The lowest BCUT2D eigenvalue weighted by molar-refractivity contribution is 0.240. The Balaban J connectivity index is 1.42. The van der Waals surface area contributed by atoms with E-state index >= 15 is 0 Å². The minimum Gasteiger partial charge on any atom is -0.495 e. The number of hydrogen-bond acceptors (Lipinski definition) is 4. The number of nitrogens with zero attached hydrogens (tertiary/aromatic N) is 2. The first-order valence-electron chi connectivity index (χ1n) is 9.48. The van der Waals surface area contributed by atoms with E-state index in [1.807, 2.05) is 49.4 Å². The van der Waals surface area contributed by atoms with Crippen molar-refractivity contribution in [2.24, 2.45) is 0 Å². The molecule has 150 valence electrons. The zero-order valence-corrected chi connectivity index (χ0v) is 17.1. The summed E-state index contributed by atoms with van der Waals surface area (Å²) < 4.78 is 5.46. The number of para-hydroxylation sites is 1. The molecule has 1 fully saturated rings. The summed E-state index contributed by atoms with van der Waals surface area (Å²) in [5.41, 5.74) is 2.92. The second kappa shape index (κ2) is 9.66. The van der Waals surface area contributed by atoms with Gasteiger partial charge in [-0.15, -0.1) is 0 Å². The quantitative estimate of drug-likeness (QED) is 0.775. The van der Waals surface area contributed by atoms with Crippen LogP contribution in [0.25, 0.3) is 0 Å². The Morgan fingerprint density at radius 3 is 2.61 bits per heavy atom. The molecule has 0 radical (unpaired) electrons. The fraction of sp³-hybridized carbons (Fsp3) is 0.381. The van der Waals surface area contributed by atoms with Crippen LogP contribution in [0.2, 0.25) is 5.02 Å². The average Bonchev–Trinajstić information content (AvgIpc) is 2.70. The number of halogens is 1. The van der Waals surface area contributed by atoms with Crippen molar-refractivity contribution in [3.63, 3.8) is 0 Å². The number of ether oxygens (including phenoxy) is 1. The van der Waals surface area contributed by atoms with Crippen LogP contribution < -0.4 is 20.3 Å². The molecule has 0 aromatic heterocycles. The van der Waals surface area contributed by atoms with Crippen LogP contribution in [-0.4, -0.2) is 57.3 Å². The molecular formula is C21H27ClN4O2. The maximum atomic E-state index is 12.1. The molecule has 2 N–H and O–H groups in total. The SMILES string of the molecule is COc1ccc(Cl)cc1N1CCN(CCNC(=O)Nc2ccccc2C)CC1. The van der Waals surface area contributed by atoms with Crippen LogP contribution in [0.4, 0.5) is 16.2 Å². The van der Waals surface area contributed by atoms with Crippen LogP contribution in [-0.2, 0) is 0 Å².